The molecule has 0 aliphatic carbocycles. The fourth-order valence-corrected chi connectivity index (χ4v) is 1.69. The monoisotopic (exact) mass is 217 g/mol. The number of thioether (sulfide) groups is 1. The van der Waals surface area contributed by atoms with Crippen molar-refractivity contribution in [3.8, 4) is 0 Å². The first-order valence-electron chi connectivity index (χ1n) is 4.34. The fraction of sp³-hybridized carbons (Fsp3) is 0.400. The lowest BCUT2D eigenvalue weighted by Crippen LogP contribution is -2.13. The van der Waals surface area contributed by atoms with E-state index >= 15 is 0 Å². The molecule has 0 fully saturated rings. The molecule has 0 amide bonds. The van der Waals surface area contributed by atoms with E-state index < -0.39 is 11.6 Å². The first kappa shape index (κ1) is 11.5. The third kappa shape index (κ3) is 2.96. The first-order valence-corrected chi connectivity index (χ1v) is 5.74. The van der Waals surface area contributed by atoms with Gasteiger partial charge in [0.2, 0.25) is 0 Å². The minimum absolute atomic E-state index is 0.344. The standard InChI is InChI=1S/C10H13F2NS/c1-14-5-4-10(13)8-3-2-7(11)6-9(8)12/h2-3,6,10H,4-5,13H2,1H3. The number of halogens is 2. The maximum Gasteiger partial charge on any atom is 0.130 e. The molecular formula is C10H13F2NS. The Morgan fingerprint density at radius 3 is 2.71 bits per heavy atom. The van der Waals surface area contributed by atoms with Gasteiger partial charge in [-0.1, -0.05) is 6.07 Å². The molecule has 4 heteroatoms. The zero-order valence-corrected chi connectivity index (χ0v) is 8.78. The molecular weight excluding hydrogens is 204 g/mol. The number of hydrogen-bond donors (Lipinski definition) is 1. The summed E-state index contributed by atoms with van der Waals surface area (Å²) in [6, 6.07) is 3.17. The second kappa shape index (κ2) is 5.32. The van der Waals surface area contributed by atoms with Crippen molar-refractivity contribution < 1.29 is 8.78 Å². The normalized spacial score (nSPS) is 12.9. The van der Waals surface area contributed by atoms with Gasteiger partial charge in [0.15, 0.2) is 0 Å². The van der Waals surface area contributed by atoms with Crippen molar-refractivity contribution in [1.29, 1.82) is 0 Å². The van der Waals surface area contributed by atoms with Crippen LogP contribution >= 0.6 is 11.8 Å². The molecule has 14 heavy (non-hydrogen) atoms. The SMILES string of the molecule is CSCCC(N)c1ccc(F)cc1F. The lowest BCUT2D eigenvalue weighted by molar-refractivity contribution is 0.552. The molecule has 0 radical (unpaired) electrons. The third-order valence-electron chi connectivity index (χ3n) is 1.99. The van der Waals surface area contributed by atoms with Gasteiger partial charge in [-0.05, 0) is 24.5 Å². The Hall–Kier alpha value is -0.610. The van der Waals surface area contributed by atoms with E-state index in [0.717, 1.165) is 11.8 Å². The van der Waals surface area contributed by atoms with Gasteiger partial charge in [0.05, 0.1) is 0 Å². The van der Waals surface area contributed by atoms with Crippen molar-refractivity contribution in [3.05, 3.63) is 35.4 Å². The molecule has 1 unspecified atom stereocenters. The Balaban J connectivity index is 2.74. The molecule has 0 heterocycles. The van der Waals surface area contributed by atoms with E-state index in [1.54, 1.807) is 11.8 Å². The summed E-state index contributed by atoms with van der Waals surface area (Å²) in [5.41, 5.74) is 6.15. The second-order valence-electron chi connectivity index (χ2n) is 3.05. The molecule has 0 aromatic heterocycles. The molecule has 0 aliphatic heterocycles. The lowest BCUT2D eigenvalue weighted by atomic mass is 10.1. The van der Waals surface area contributed by atoms with Crippen LogP contribution in [0.2, 0.25) is 0 Å². The van der Waals surface area contributed by atoms with Gasteiger partial charge in [-0.25, -0.2) is 8.78 Å². The van der Waals surface area contributed by atoms with Crippen molar-refractivity contribution in [3.63, 3.8) is 0 Å². The Labute approximate surface area is 86.7 Å². The van der Waals surface area contributed by atoms with E-state index in [9.17, 15) is 8.78 Å². The molecule has 1 rings (SSSR count). The van der Waals surface area contributed by atoms with Crippen molar-refractivity contribution >= 4 is 11.8 Å². The van der Waals surface area contributed by atoms with Crippen LogP contribution in [0.15, 0.2) is 18.2 Å². The predicted octanol–water partition coefficient (Wildman–Crippen LogP) is 2.72. The average molecular weight is 217 g/mol. The van der Waals surface area contributed by atoms with Gasteiger partial charge in [-0.3, -0.25) is 0 Å². The molecule has 2 N–H and O–H groups in total. The van der Waals surface area contributed by atoms with Crippen LogP contribution in [0.25, 0.3) is 0 Å². The highest BCUT2D eigenvalue weighted by atomic mass is 32.2. The van der Waals surface area contributed by atoms with Gasteiger partial charge in [-0.15, -0.1) is 0 Å². The second-order valence-corrected chi connectivity index (χ2v) is 4.04. The van der Waals surface area contributed by atoms with E-state index in [2.05, 4.69) is 0 Å². The van der Waals surface area contributed by atoms with E-state index in [1.165, 1.54) is 12.1 Å². The van der Waals surface area contributed by atoms with Gasteiger partial charge >= 0.3 is 0 Å². The van der Waals surface area contributed by atoms with Crippen molar-refractivity contribution in [2.24, 2.45) is 5.73 Å². The minimum atomic E-state index is -0.566. The number of hydrogen-bond acceptors (Lipinski definition) is 2. The maximum absolute atomic E-state index is 13.2. The molecule has 1 aromatic carbocycles. The zero-order valence-electron chi connectivity index (χ0n) is 7.97. The van der Waals surface area contributed by atoms with Crippen LogP contribution in [0.5, 0.6) is 0 Å². The molecule has 0 spiro atoms. The lowest BCUT2D eigenvalue weighted by Gasteiger charge is -2.11. The van der Waals surface area contributed by atoms with Crippen LogP contribution < -0.4 is 5.73 Å². The van der Waals surface area contributed by atoms with Gasteiger partial charge < -0.3 is 5.73 Å². The van der Waals surface area contributed by atoms with Crippen LogP contribution in [-0.2, 0) is 0 Å². The summed E-state index contributed by atoms with van der Waals surface area (Å²) >= 11 is 1.66. The zero-order chi connectivity index (χ0) is 10.6. The summed E-state index contributed by atoms with van der Waals surface area (Å²) in [6.45, 7) is 0. The number of nitrogens with two attached hydrogens (primary N) is 1. The maximum atomic E-state index is 13.2. The van der Waals surface area contributed by atoms with Gasteiger partial charge in [-0.2, -0.15) is 11.8 Å². The summed E-state index contributed by atoms with van der Waals surface area (Å²) in [5, 5.41) is 0. The molecule has 78 valence electrons. The Kier molecular flexibility index (Phi) is 4.35. The quantitative estimate of drug-likeness (QED) is 0.839. The van der Waals surface area contributed by atoms with Gasteiger partial charge in [0.25, 0.3) is 0 Å². The molecule has 1 nitrogen and oxygen atoms in total. The van der Waals surface area contributed by atoms with Crippen LogP contribution in [0.3, 0.4) is 0 Å². The highest BCUT2D eigenvalue weighted by molar-refractivity contribution is 7.98. The van der Waals surface area contributed by atoms with Crippen molar-refractivity contribution in [1.82, 2.24) is 0 Å². The fourth-order valence-electron chi connectivity index (χ4n) is 1.20. The third-order valence-corrected chi connectivity index (χ3v) is 2.64. The van der Waals surface area contributed by atoms with Crippen molar-refractivity contribution in [2.45, 2.75) is 12.5 Å². The Morgan fingerprint density at radius 1 is 1.43 bits per heavy atom. The average Bonchev–Trinajstić information content (AvgIpc) is 2.14. The van der Waals surface area contributed by atoms with E-state index in [4.69, 9.17) is 5.73 Å². The van der Waals surface area contributed by atoms with Crippen LogP contribution in [0.1, 0.15) is 18.0 Å². The van der Waals surface area contributed by atoms with E-state index in [-0.39, 0.29) is 6.04 Å². The van der Waals surface area contributed by atoms with Crippen LogP contribution in [0, 0.1) is 11.6 Å². The van der Waals surface area contributed by atoms with Crippen LogP contribution in [-0.4, -0.2) is 12.0 Å². The topological polar surface area (TPSA) is 26.0 Å². The van der Waals surface area contributed by atoms with Gasteiger partial charge in [0.1, 0.15) is 11.6 Å². The Bertz CT molecular complexity index is 304. The minimum Gasteiger partial charge on any atom is -0.324 e. The Morgan fingerprint density at radius 2 is 2.14 bits per heavy atom. The van der Waals surface area contributed by atoms with Gasteiger partial charge in [0, 0.05) is 17.7 Å². The summed E-state index contributed by atoms with van der Waals surface area (Å²) in [6.07, 6.45) is 2.66. The number of rotatable bonds is 4. The smallest absolute Gasteiger partial charge is 0.130 e. The molecule has 0 bridgehead atoms. The van der Waals surface area contributed by atoms with E-state index in [1.807, 2.05) is 6.26 Å². The predicted molar refractivity (Wildman–Crippen MR) is 56.3 cm³/mol. The molecule has 0 saturated carbocycles. The largest absolute Gasteiger partial charge is 0.324 e. The number of benzene rings is 1. The first-order chi connectivity index (χ1) is 6.65. The molecule has 1 aromatic rings. The molecule has 0 aliphatic rings. The summed E-state index contributed by atoms with van der Waals surface area (Å²) in [4.78, 5) is 0. The van der Waals surface area contributed by atoms with E-state index in [0.29, 0.717) is 12.0 Å². The highest BCUT2D eigenvalue weighted by Crippen LogP contribution is 2.19. The molecule has 1 atom stereocenters. The molecule has 0 saturated heterocycles. The summed E-state index contributed by atoms with van der Waals surface area (Å²) in [7, 11) is 0. The highest BCUT2D eigenvalue weighted by Gasteiger charge is 2.11. The van der Waals surface area contributed by atoms with Crippen LogP contribution in [0.4, 0.5) is 8.78 Å². The summed E-state index contributed by atoms with van der Waals surface area (Å²) < 4.78 is 25.8. The summed E-state index contributed by atoms with van der Waals surface area (Å²) in [5.74, 6) is -0.250. The van der Waals surface area contributed by atoms with Crippen molar-refractivity contribution in [2.75, 3.05) is 12.0 Å².